The monoisotopic (exact) mass is 221 g/mol. The van der Waals surface area contributed by atoms with Gasteiger partial charge in [0.2, 0.25) is 0 Å². The summed E-state index contributed by atoms with van der Waals surface area (Å²) in [6.45, 7) is 7.21. The molecule has 0 heterocycles. The number of nitrogens with two attached hydrogens (primary N) is 1. The summed E-state index contributed by atoms with van der Waals surface area (Å²) in [5.41, 5.74) is 6.93. The SMILES string of the molecule is CCCC(C)COc1ccc(C(C)N)cc1. The Kier molecular flexibility index (Phi) is 5.33. The molecule has 2 N–H and O–H groups in total. The highest BCUT2D eigenvalue weighted by Crippen LogP contribution is 2.17. The maximum absolute atomic E-state index is 5.78. The summed E-state index contributed by atoms with van der Waals surface area (Å²) in [5.74, 6) is 1.56. The average molecular weight is 221 g/mol. The van der Waals surface area contributed by atoms with E-state index in [0.29, 0.717) is 5.92 Å². The Hall–Kier alpha value is -1.02. The van der Waals surface area contributed by atoms with Gasteiger partial charge in [-0.3, -0.25) is 0 Å². The number of rotatable bonds is 6. The van der Waals surface area contributed by atoms with Crippen LogP contribution in [0.2, 0.25) is 0 Å². The summed E-state index contributed by atoms with van der Waals surface area (Å²) in [7, 11) is 0. The van der Waals surface area contributed by atoms with Crippen LogP contribution < -0.4 is 10.5 Å². The summed E-state index contributed by atoms with van der Waals surface area (Å²) in [4.78, 5) is 0. The van der Waals surface area contributed by atoms with Gasteiger partial charge in [-0.25, -0.2) is 0 Å². The van der Waals surface area contributed by atoms with Gasteiger partial charge < -0.3 is 10.5 Å². The third-order valence-corrected chi connectivity index (χ3v) is 2.72. The van der Waals surface area contributed by atoms with Crippen molar-refractivity contribution in [2.45, 2.75) is 39.7 Å². The highest BCUT2D eigenvalue weighted by atomic mass is 16.5. The molecule has 2 nitrogen and oxygen atoms in total. The van der Waals surface area contributed by atoms with E-state index >= 15 is 0 Å². The zero-order valence-electron chi connectivity index (χ0n) is 10.6. The molecule has 0 amide bonds. The molecule has 2 atom stereocenters. The van der Waals surface area contributed by atoms with Crippen molar-refractivity contribution in [2.75, 3.05) is 6.61 Å². The van der Waals surface area contributed by atoms with Gasteiger partial charge in [-0.1, -0.05) is 32.4 Å². The Balaban J connectivity index is 2.43. The summed E-state index contributed by atoms with van der Waals surface area (Å²) < 4.78 is 5.71. The van der Waals surface area contributed by atoms with E-state index in [9.17, 15) is 0 Å². The van der Waals surface area contributed by atoms with Crippen molar-refractivity contribution in [2.24, 2.45) is 11.7 Å². The number of hydrogen-bond donors (Lipinski definition) is 1. The van der Waals surface area contributed by atoms with Crippen molar-refractivity contribution in [3.63, 3.8) is 0 Å². The van der Waals surface area contributed by atoms with Gasteiger partial charge in [0.05, 0.1) is 6.61 Å². The molecule has 1 aromatic rings. The average Bonchev–Trinajstić information content (AvgIpc) is 2.27. The molecule has 0 saturated heterocycles. The first-order valence-electron chi connectivity index (χ1n) is 6.11. The first-order valence-corrected chi connectivity index (χ1v) is 6.11. The van der Waals surface area contributed by atoms with Crippen molar-refractivity contribution in [3.8, 4) is 5.75 Å². The molecule has 0 aliphatic heterocycles. The second-order valence-electron chi connectivity index (χ2n) is 4.56. The topological polar surface area (TPSA) is 35.2 Å². The summed E-state index contributed by atoms with van der Waals surface area (Å²) in [5, 5.41) is 0. The standard InChI is InChI=1S/C14H23NO/c1-4-5-11(2)10-16-14-8-6-13(7-9-14)12(3)15/h6-9,11-12H,4-5,10,15H2,1-3H3. The van der Waals surface area contributed by atoms with Crippen LogP contribution in [0.3, 0.4) is 0 Å². The van der Waals surface area contributed by atoms with Crippen LogP contribution in [0.5, 0.6) is 5.75 Å². The molecule has 0 fully saturated rings. The second-order valence-corrected chi connectivity index (χ2v) is 4.56. The molecule has 90 valence electrons. The number of ether oxygens (including phenoxy) is 1. The third-order valence-electron chi connectivity index (χ3n) is 2.72. The van der Waals surface area contributed by atoms with Gasteiger partial charge in [0.15, 0.2) is 0 Å². The zero-order valence-corrected chi connectivity index (χ0v) is 10.6. The molecule has 2 heteroatoms. The van der Waals surface area contributed by atoms with Crippen LogP contribution in [0.4, 0.5) is 0 Å². The Bertz CT molecular complexity index is 292. The summed E-state index contributed by atoms with van der Waals surface area (Å²) in [6, 6.07) is 8.15. The van der Waals surface area contributed by atoms with Gasteiger partial charge >= 0.3 is 0 Å². The molecule has 1 aromatic carbocycles. The van der Waals surface area contributed by atoms with Gasteiger partial charge in [-0.2, -0.15) is 0 Å². The van der Waals surface area contributed by atoms with Gasteiger partial charge in [0, 0.05) is 6.04 Å². The van der Waals surface area contributed by atoms with Crippen LogP contribution >= 0.6 is 0 Å². The van der Waals surface area contributed by atoms with Crippen molar-refractivity contribution in [1.29, 1.82) is 0 Å². The normalized spacial score (nSPS) is 14.5. The Morgan fingerprint density at radius 3 is 2.31 bits per heavy atom. The maximum atomic E-state index is 5.78. The lowest BCUT2D eigenvalue weighted by atomic mass is 10.1. The van der Waals surface area contributed by atoms with Crippen molar-refractivity contribution in [1.82, 2.24) is 0 Å². The van der Waals surface area contributed by atoms with E-state index in [1.165, 1.54) is 12.8 Å². The fourth-order valence-corrected chi connectivity index (χ4v) is 1.68. The van der Waals surface area contributed by atoms with Crippen LogP contribution in [0.1, 0.15) is 45.2 Å². The van der Waals surface area contributed by atoms with E-state index in [-0.39, 0.29) is 6.04 Å². The molecule has 0 saturated carbocycles. The predicted molar refractivity (Wildman–Crippen MR) is 68.6 cm³/mol. The van der Waals surface area contributed by atoms with E-state index in [0.717, 1.165) is 17.9 Å². The summed E-state index contributed by atoms with van der Waals surface area (Å²) in [6.07, 6.45) is 2.44. The Labute approximate surface area is 98.8 Å². The maximum Gasteiger partial charge on any atom is 0.119 e. The molecular weight excluding hydrogens is 198 g/mol. The predicted octanol–water partition coefficient (Wildman–Crippen LogP) is 3.52. The van der Waals surface area contributed by atoms with E-state index in [4.69, 9.17) is 10.5 Å². The molecule has 2 unspecified atom stereocenters. The first-order chi connectivity index (χ1) is 7.63. The minimum absolute atomic E-state index is 0.0908. The fraction of sp³-hybridized carbons (Fsp3) is 0.571. The lowest BCUT2D eigenvalue weighted by Gasteiger charge is -2.13. The minimum Gasteiger partial charge on any atom is -0.493 e. The van der Waals surface area contributed by atoms with Crippen molar-refractivity contribution in [3.05, 3.63) is 29.8 Å². The van der Waals surface area contributed by atoms with Crippen molar-refractivity contribution < 1.29 is 4.74 Å². The summed E-state index contributed by atoms with van der Waals surface area (Å²) >= 11 is 0. The minimum atomic E-state index is 0.0908. The Morgan fingerprint density at radius 2 is 1.81 bits per heavy atom. The largest absolute Gasteiger partial charge is 0.493 e. The van der Waals surface area contributed by atoms with Gasteiger partial charge in [-0.05, 0) is 37.0 Å². The highest BCUT2D eigenvalue weighted by molar-refractivity contribution is 5.28. The van der Waals surface area contributed by atoms with Gasteiger partial charge in [0.25, 0.3) is 0 Å². The van der Waals surface area contributed by atoms with Crippen LogP contribution in [-0.4, -0.2) is 6.61 Å². The van der Waals surface area contributed by atoms with Crippen LogP contribution in [0.15, 0.2) is 24.3 Å². The molecule has 0 spiro atoms. The molecule has 16 heavy (non-hydrogen) atoms. The second kappa shape index (κ2) is 6.54. The zero-order chi connectivity index (χ0) is 12.0. The molecule has 0 aromatic heterocycles. The molecule has 0 bridgehead atoms. The molecule has 1 rings (SSSR count). The lowest BCUT2D eigenvalue weighted by Crippen LogP contribution is -2.08. The molecule has 0 radical (unpaired) electrons. The van der Waals surface area contributed by atoms with E-state index in [1.807, 2.05) is 31.2 Å². The smallest absolute Gasteiger partial charge is 0.119 e. The molecular formula is C14H23NO. The van der Waals surface area contributed by atoms with Crippen molar-refractivity contribution >= 4 is 0 Å². The van der Waals surface area contributed by atoms with Crippen LogP contribution in [-0.2, 0) is 0 Å². The van der Waals surface area contributed by atoms with Crippen LogP contribution in [0, 0.1) is 5.92 Å². The highest BCUT2D eigenvalue weighted by Gasteiger charge is 2.03. The fourth-order valence-electron chi connectivity index (χ4n) is 1.68. The first kappa shape index (κ1) is 13.0. The van der Waals surface area contributed by atoms with E-state index in [1.54, 1.807) is 0 Å². The quantitative estimate of drug-likeness (QED) is 0.797. The van der Waals surface area contributed by atoms with Gasteiger partial charge in [0.1, 0.15) is 5.75 Å². The molecule has 0 aliphatic carbocycles. The lowest BCUT2D eigenvalue weighted by molar-refractivity contribution is 0.251. The molecule has 0 aliphatic rings. The van der Waals surface area contributed by atoms with Gasteiger partial charge in [-0.15, -0.1) is 0 Å². The number of hydrogen-bond acceptors (Lipinski definition) is 2. The van der Waals surface area contributed by atoms with Crippen LogP contribution in [0.25, 0.3) is 0 Å². The Morgan fingerprint density at radius 1 is 1.19 bits per heavy atom. The van der Waals surface area contributed by atoms with E-state index < -0.39 is 0 Å². The van der Waals surface area contributed by atoms with E-state index in [2.05, 4.69) is 13.8 Å². The third kappa shape index (κ3) is 4.23. The number of benzene rings is 1.